The lowest BCUT2D eigenvalue weighted by molar-refractivity contribution is -0.140. The molecular weight excluding hydrogens is 304 g/mol. The normalized spacial score (nSPS) is 27.3. The van der Waals surface area contributed by atoms with E-state index in [0.717, 1.165) is 64.7 Å². The van der Waals surface area contributed by atoms with E-state index in [9.17, 15) is 4.79 Å². The molecule has 0 aromatic heterocycles. The molecule has 2 heterocycles. The van der Waals surface area contributed by atoms with Crippen molar-refractivity contribution in [1.82, 2.24) is 9.80 Å². The van der Waals surface area contributed by atoms with Gasteiger partial charge in [0.1, 0.15) is 0 Å². The fraction of sp³-hybridized carbons (Fsp3) is 0.947. The Balaban J connectivity index is 1.34. The molecule has 5 heteroatoms. The highest BCUT2D eigenvalue weighted by Crippen LogP contribution is 2.27. The van der Waals surface area contributed by atoms with Gasteiger partial charge < -0.3 is 14.4 Å². The monoisotopic (exact) mass is 338 g/mol. The van der Waals surface area contributed by atoms with Crippen LogP contribution in [0.3, 0.4) is 0 Å². The van der Waals surface area contributed by atoms with E-state index in [-0.39, 0.29) is 6.10 Å². The zero-order valence-electron chi connectivity index (χ0n) is 15.1. The Morgan fingerprint density at radius 3 is 2.58 bits per heavy atom. The number of hydrogen-bond acceptors (Lipinski definition) is 4. The van der Waals surface area contributed by atoms with Gasteiger partial charge in [0.15, 0.2) is 0 Å². The second-order valence-corrected chi connectivity index (χ2v) is 7.64. The highest BCUT2D eigenvalue weighted by molar-refractivity contribution is 5.76. The van der Waals surface area contributed by atoms with E-state index in [1.807, 2.05) is 4.90 Å². The van der Waals surface area contributed by atoms with Crippen molar-refractivity contribution in [3.63, 3.8) is 0 Å². The standard InChI is InChI=1S/C19H34N2O3/c22-19(8-4-7-17-5-2-1-3-6-17)21-11-14-24-18(16-21)15-20-9-12-23-13-10-20/h17-18H,1-16H2. The number of ether oxygens (including phenoxy) is 2. The van der Waals surface area contributed by atoms with Crippen molar-refractivity contribution in [2.45, 2.75) is 57.5 Å². The van der Waals surface area contributed by atoms with Gasteiger partial charge in [-0.15, -0.1) is 0 Å². The van der Waals surface area contributed by atoms with Gasteiger partial charge in [0.05, 0.1) is 25.9 Å². The second kappa shape index (κ2) is 9.73. The molecule has 3 rings (SSSR count). The Morgan fingerprint density at radius 2 is 1.79 bits per heavy atom. The number of rotatable bonds is 6. The van der Waals surface area contributed by atoms with Crippen LogP contribution in [-0.4, -0.2) is 74.4 Å². The first-order valence-electron chi connectivity index (χ1n) is 10.0. The number of carbonyl (C=O) groups excluding carboxylic acids is 1. The SMILES string of the molecule is O=C(CCCC1CCCCC1)N1CCOC(CN2CCOCC2)C1. The van der Waals surface area contributed by atoms with Crippen molar-refractivity contribution < 1.29 is 14.3 Å². The number of hydrogen-bond donors (Lipinski definition) is 0. The van der Waals surface area contributed by atoms with E-state index in [0.29, 0.717) is 12.5 Å². The fourth-order valence-electron chi connectivity index (χ4n) is 4.30. The highest BCUT2D eigenvalue weighted by atomic mass is 16.5. The molecule has 1 atom stereocenters. The summed E-state index contributed by atoms with van der Waals surface area (Å²) in [4.78, 5) is 16.9. The number of morpholine rings is 2. The molecule has 0 aromatic rings. The number of amides is 1. The van der Waals surface area contributed by atoms with E-state index in [2.05, 4.69) is 4.90 Å². The van der Waals surface area contributed by atoms with Crippen LogP contribution in [0.25, 0.3) is 0 Å². The van der Waals surface area contributed by atoms with Gasteiger partial charge >= 0.3 is 0 Å². The summed E-state index contributed by atoms with van der Waals surface area (Å²) in [6, 6.07) is 0. The Kier molecular flexibility index (Phi) is 7.36. The summed E-state index contributed by atoms with van der Waals surface area (Å²) in [6.45, 7) is 6.73. The van der Waals surface area contributed by atoms with Crippen LogP contribution < -0.4 is 0 Å². The Labute approximate surface area is 146 Å². The van der Waals surface area contributed by atoms with Crippen LogP contribution in [0.1, 0.15) is 51.4 Å². The van der Waals surface area contributed by atoms with Crippen LogP contribution in [0.4, 0.5) is 0 Å². The van der Waals surface area contributed by atoms with Gasteiger partial charge in [-0.25, -0.2) is 0 Å². The van der Waals surface area contributed by atoms with Crippen molar-refractivity contribution in [3.8, 4) is 0 Å². The van der Waals surface area contributed by atoms with Crippen molar-refractivity contribution in [2.24, 2.45) is 5.92 Å². The minimum atomic E-state index is 0.166. The highest BCUT2D eigenvalue weighted by Gasteiger charge is 2.26. The molecule has 2 aliphatic heterocycles. The van der Waals surface area contributed by atoms with E-state index >= 15 is 0 Å². The molecule has 3 aliphatic rings. The van der Waals surface area contributed by atoms with Crippen molar-refractivity contribution in [3.05, 3.63) is 0 Å². The minimum Gasteiger partial charge on any atom is -0.379 e. The lowest BCUT2D eigenvalue weighted by Gasteiger charge is -2.37. The largest absolute Gasteiger partial charge is 0.379 e. The second-order valence-electron chi connectivity index (χ2n) is 7.64. The molecule has 1 unspecified atom stereocenters. The molecule has 138 valence electrons. The molecule has 2 saturated heterocycles. The predicted octanol–water partition coefficient (Wildman–Crippen LogP) is 2.30. The molecular formula is C19H34N2O3. The molecule has 0 radical (unpaired) electrons. The quantitative estimate of drug-likeness (QED) is 0.745. The molecule has 0 aromatic carbocycles. The van der Waals surface area contributed by atoms with E-state index in [1.54, 1.807) is 0 Å². The van der Waals surface area contributed by atoms with Gasteiger partial charge in [-0.1, -0.05) is 32.1 Å². The molecule has 1 amide bonds. The summed E-state index contributed by atoms with van der Waals surface area (Å²) in [7, 11) is 0. The molecule has 0 N–H and O–H groups in total. The average molecular weight is 338 g/mol. The van der Waals surface area contributed by atoms with E-state index in [1.165, 1.54) is 38.5 Å². The molecule has 1 saturated carbocycles. The zero-order valence-corrected chi connectivity index (χ0v) is 15.1. The minimum absolute atomic E-state index is 0.166. The zero-order chi connectivity index (χ0) is 16.6. The maximum absolute atomic E-state index is 12.5. The topological polar surface area (TPSA) is 42.0 Å². The fourth-order valence-corrected chi connectivity index (χ4v) is 4.30. The lowest BCUT2D eigenvalue weighted by Crippen LogP contribution is -2.51. The Bertz CT molecular complexity index is 379. The van der Waals surface area contributed by atoms with Crippen LogP contribution in [0.5, 0.6) is 0 Å². The van der Waals surface area contributed by atoms with Gasteiger partial charge in [-0.2, -0.15) is 0 Å². The first-order valence-corrected chi connectivity index (χ1v) is 10.0. The van der Waals surface area contributed by atoms with Gasteiger partial charge in [0.25, 0.3) is 0 Å². The molecule has 24 heavy (non-hydrogen) atoms. The van der Waals surface area contributed by atoms with Gasteiger partial charge in [-0.05, 0) is 18.8 Å². The molecule has 0 spiro atoms. The smallest absolute Gasteiger partial charge is 0.222 e. The maximum atomic E-state index is 12.5. The lowest BCUT2D eigenvalue weighted by atomic mass is 9.86. The predicted molar refractivity (Wildman–Crippen MR) is 94.0 cm³/mol. The maximum Gasteiger partial charge on any atom is 0.222 e. The summed E-state index contributed by atoms with van der Waals surface area (Å²) in [5.74, 6) is 1.21. The molecule has 1 aliphatic carbocycles. The molecule has 0 bridgehead atoms. The van der Waals surface area contributed by atoms with E-state index in [4.69, 9.17) is 9.47 Å². The molecule has 3 fully saturated rings. The third kappa shape index (κ3) is 5.71. The number of nitrogens with zero attached hydrogens (tertiary/aromatic N) is 2. The van der Waals surface area contributed by atoms with E-state index < -0.39 is 0 Å². The Hall–Kier alpha value is -0.650. The first-order chi connectivity index (χ1) is 11.8. The Morgan fingerprint density at radius 1 is 1.00 bits per heavy atom. The average Bonchev–Trinajstić information content (AvgIpc) is 2.64. The third-order valence-electron chi connectivity index (χ3n) is 5.78. The molecule has 5 nitrogen and oxygen atoms in total. The van der Waals surface area contributed by atoms with Crippen LogP contribution >= 0.6 is 0 Å². The van der Waals surface area contributed by atoms with Crippen LogP contribution in [0, 0.1) is 5.92 Å². The third-order valence-corrected chi connectivity index (χ3v) is 5.78. The summed E-state index contributed by atoms with van der Waals surface area (Å²) in [5, 5.41) is 0. The van der Waals surface area contributed by atoms with Crippen LogP contribution in [0.2, 0.25) is 0 Å². The van der Waals surface area contributed by atoms with Crippen LogP contribution in [-0.2, 0) is 14.3 Å². The summed E-state index contributed by atoms with van der Waals surface area (Å²) in [5.41, 5.74) is 0. The summed E-state index contributed by atoms with van der Waals surface area (Å²) in [6.07, 6.45) is 10.2. The summed E-state index contributed by atoms with van der Waals surface area (Å²) >= 11 is 0. The van der Waals surface area contributed by atoms with Gasteiger partial charge in [0, 0.05) is 39.1 Å². The van der Waals surface area contributed by atoms with Gasteiger partial charge in [-0.3, -0.25) is 9.69 Å². The van der Waals surface area contributed by atoms with Crippen molar-refractivity contribution in [1.29, 1.82) is 0 Å². The first kappa shape index (κ1) is 18.2. The van der Waals surface area contributed by atoms with Crippen molar-refractivity contribution >= 4 is 5.91 Å². The van der Waals surface area contributed by atoms with Crippen LogP contribution in [0.15, 0.2) is 0 Å². The van der Waals surface area contributed by atoms with Crippen molar-refractivity contribution in [2.75, 3.05) is 52.5 Å². The number of carbonyl (C=O) groups is 1. The summed E-state index contributed by atoms with van der Waals surface area (Å²) < 4.78 is 11.3. The van der Waals surface area contributed by atoms with Gasteiger partial charge in [0.2, 0.25) is 5.91 Å².